The first-order valence-electron chi connectivity index (χ1n) is 11.9. The number of rotatable bonds is 2. The summed E-state index contributed by atoms with van der Waals surface area (Å²) in [6.45, 7) is 7.13. The van der Waals surface area contributed by atoms with E-state index in [0.29, 0.717) is 29.2 Å². The molecule has 7 nitrogen and oxygen atoms in total. The minimum Gasteiger partial charge on any atom is -0.396 e. The average Bonchev–Trinajstić information content (AvgIpc) is 2.76. The molecule has 1 amide bonds. The van der Waals surface area contributed by atoms with E-state index in [4.69, 9.17) is 0 Å². The van der Waals surface area contributed by atoms with Crippen molar-refractivity contribution in [3.05, 3.63) is 41.1 Å². The predicted molar refractivity (Wildman–Crippen MR) is 128 cm³/mol. The Kier molecular flexibility index (Phi) is 6.94. The van der Waals surface area contributed by atoms with Crippen LogP contribution in [0.4, 0.5) is 17.5 Å². The van der Waals surface area contributed by atoms with Crippen LogP contribution in [0.1, 0.15) is 67.1 Å². The molecule has 4 bridgehead atoms. The number of piperidine rings is 1. The molecule has 1 fully saturated rings. The predicted octanol–water partition coefficient (Wildman–Crippen LogP) is 4.16. The second-order valence-corrected chi connectivity index (χ2v) is 9.53. The molecule has 2 aromatic rings. The summed E-state index contributed by atoms with van der Waals surface area (Å²) in [7, 11) is 0. The molecule has 0 unspecified atom stereocenters. The molecule has 0 radical (unpaired) electrons. The first kappa shape index (κ1) is 22.5. The van der Waals surface area contributed by atoms with Gasteiger partial charge >= 0.3 is 0 Å². The van der Waals surface area contributed by atoms with Crippen LogP contribution in [0.25, 0.3) is 0 Å². The second kappa shape index (κ2) is 9.86. The number of aryl methyl sites for hydroxylation is 1. The maximum absolute atomic E-state index is 13.3. The van der Waals surface area contributed by atoms with Crippen molar-refractivity contribution in [2.24, 2.45) is 5.41 Å². The summed E-state index contributed by atoms with van der Waals surface area (Å²) < 4.78 is 0. The SMILES string of the molecule is Cc1cc2nc(n1)NCCCCCC1(C)CCN(CC1)c1cc(CCO)ccc1C(=O)N2. The number of hydrogen-bond acceptors (Lipinski definition) is 6. The van der Waals surface area contributed by atoms with E-state index in [1.807, 2.05) is 19.1 Å². The third kappa shape index (κ3) is 5.38. The zero-order chi connectivity index (χ0) is 22.6. The highest BCUT2D eigenvalue weighted by atomic mass is 16.3. The Morgan fingerprint density at radius 2 is 1.91 bits per heavy atom. The van der Waals surface area contributed by atoms with Crippen molar-refractivity contribution in [1.82, 2.24) is 9.97 Å². The van der Waals surface area contributed by atoms with Gasteiger partial charge in [0, 0.05) is 43.7 Å². The lowest BCUT2D eigenvalue weighted by Crippen LogP contribution is -2.39. The third-order valence-electron chi connectivity index (χ3n) is 6.85. The van der Waals surface area contributed by atoms with Crippen LogP contribution in [0.2, 0.25) is 0 Å². The van der Waals surface area contributed by atoms with Crippen LogP contribution < -0.4 is 15.5 Å². The fourth-order valence-corrected chi connectivity index (χ4v) is 4.80. The van der Waals surface area contributed by atoms with Gasteiger partial charge in [0.15, 0.2) is 0 Å². The number of benzene rings is 1. The Labute approximate surface area is 190 Å². The lowest BCUT2D eigenvalue weighted by molar-refractivity contribution is 0.102. The van der Waals surface area contributed by atoms with Crippen LogP contribution in [0.15, 0.2) is 24.3 Å². The van der Waals surface area contributed by atoms with E-state index >= 15 is 0 Å². The molecule has 1 saturated heterocycles. The zero-order valence-corrected chi connectivity index (χ0v) is 19.3. The number of aromatic nitrogens is 2. The minimum atomic E-state index is -0.169. The van der Waals surface area contributed by atoms with Crippen molar-refractivity contribution >= 4 is 23.4 Å². The first-order chi connectivity index (χ1) is 15.5. The molecule has 3 N–H and O–H groups in total. The molecule has 0 aliphatic carbocycles. The standard InChI is InChI=1S/C25H35N5O2/c1-18-16-22-28-23(32)20-7-6-19(8-15-31)17-21(20)30-13-10-25(2,11-14-30)9-4-3-5-12-26-24(27-18)29-22/h6-7,16-17,31H,3-5,8-15H2,1-2H3,(H2,26,27,28,29,32). The van der Waals surface area contributed by atoms with Gasteiger partial charge in [0.05, 0.1) is 5.56 Å². The number of carbonyl (C=O) groups is 1. The van der Waals surface area contributed by atoms with E-state index in [1.54, 1.807) is 6.07 Å². The van der Waals surface area contributed by atoms with Crippen molar-refractivity contribution in [3.63, 3.8) is 0 Å². The molecule has 0 spiro atoms. The van der Waals surface area contributed by atoms with Gasteiger partial charge < -0.3 is 20.6 Å². The summed E-state index contributed by atoms with van der Waals surface area (Å²) in [5.74, 6) is 0.891. The number of anilines is 3. The highest BCUT2D eigenvalue weighted by Crippen LogP contribution is 2.38. The number of carbonyl (C=O) groups excluding carboxylic acids is 1. The van der Waals surface area contributed by atoms with E-state index < -0.39 is 0 Å². The van der Waals surface area contributed by atoms with Crippen molar-refractivity contribution in [2.45, 2.75) is 58.8 Å². The van der Waals surface area contributed by atoms with Crippen molar-refractivity contribution in [2.75, 3.05) is 41.8 Å². The number of amides is 1. The Bertz CT molecular complexity index is 953. The smallest absolute Gasteiger partial charge is 0.258 e. The lowest BCUT2D eigenvalue weighted by Gasteiger charge is -2.41. The highest BCUT2D eigenvalue weighted by molar-refractivity contribution is 6.08. The van der Waals surface area contributed by atoms with E-state index in [-0.39, 0.29) is 12.5 Å². The van der Waals surface area contributed by atoms with Gasteiger partial charge in [-0.2, -0.15) is 4.98 Å². The van der Waals surface area contributed by atoms with E-state index in [1.165, 1.54) is 19.3 Å². The van der Waals surface area contributed by atoms with Crippen LogP contribution in [0.5, 0.6) is 0 Å². The van der Waals surface area contributed by atoms with Crippen molar-refractivity contribution < 1.29 is 9.90 Å². The molecule has 4 heterocycles. The van der Waals surface area contributed by atoms with E-state index in [2.05, 4.69) is 38.5 Å². The molecule has 1 aromatic heterocycles. The van der Waals surface area contributed by atoms with Crippen LogP contribution in [0, 0.1) is 12.3 Å². The molecular weight excluding hydrogens is 402 g/mol. The molecule has 7 heteroatoms. The molecule has 3 aliphatic rings. The Balaban J connectivity index is 1.68. The molecule has 5 rings (SSSR count). The van der Waals surface area contributed by atoms with Crippen LogP contribution in [-0.4, -0.2) is 47.2 Å². The Morgan fingerprint density at radius 3 is 2.69 bits per heavy atom. The molecule has 32 heavy (non-hydrogen) atoms. The molecular formula is C25H35N5O2. The first-order valence-corrected chi connectivity index (χ1v) is 11.9. The van der Waals surface area contributed by atoms with Gasteiger partial charge in [-0.05, 0) is 62.1 Å². The van der Waals surface area contributed by atoms with E-state index in [0.717, 1.165) is 55.8 Å². The van der Waals surface area contributed by atoms with Crippen LogP contribution in [-0.2, 0) is 6.42 Å². The number of aliphatic hydroxyl groups excluding tert-OH is 1. The average molecular weight is 438 g/mol. The second-order valence-electron chi connectivity index (χ2n) is 9.53. The quantitative estimate of drug-likeness (QED) is 0.653. The normalized spacial score (nSPS) is 19.0. The summed E-state index contributed by atoms with van der Waals surface area (Å²) in [4.78, 5) is 24.6. The molecule has 3 aliphatic heterocycles. The fraction of sp³-hybridized carbons (Fsp3) is 0.560. The Hall–Kier alpha value is -2.67. The van der Waals surface area contributed by atoms with Gasteiger partial charge in [-0.1, -0.05) is 25.8 Å². The van der Waals surface area contributed by atoms with E-state index in [9.17, 15) is 9.90 Å². The van der Waals surface area contributed by atoms with Crippen molar-refractivity contribution in [3.8, 4) is 0 Å². The number of nitrogens with one attached hydrogen (secondary N) is 2. The zero-order valence-electron chi connectivity index (χ0n) is 19.3. The van der Waals surface area contributed by atoms with Gasteiger partial charge in [-0.3, -0.25) is 4.79 Å². The lowest BCUT2D eigenvalue weighted by atomic mass is 9.76. The summed E-state index contributed by atoms with van der Waals surface area (Å²) >= 11 is 0. The molecule has 1 aromatic carbocycles. The topological polar surface area (TPSA) is 90.4 Å². The number of nitrogens with zero attached hydrogens (tertiary/aromatic N) is 3. The van der Waals surface area contributed by atoms with Gasteiger partial charge in [-0.25, -0.2) is 4.98 Å². The molecule has 0 atom stereocenters. The van der Waals surface area contributed by atoms with Gasteiger partial charge in [0.1, 0.15) is 5.82 Å². The number of fused-ring (bicyclic) bond motifs is 8. The number of hydrogen-bond donors (Lipinski definition) is 3. The summed E-state index contributed by atoms with van der Waals surface area (Å²) in [6.07, 6.45) is 7.58. The van der Waals surface area contributed by atoms with Crippen molar-refractivity contribution in [1.29, 1.82) is 0 Å². The molecule has 172 valence electrons. The fourth-order valence-electron chi connectivity index (χ4n) is 4.80. The van der Waals surface area contributed by atoms with Crippen LogP contribution in [0.3, 0.4) is 0 Å². The van der Waals surface area contributed by atoms with Gasteiger partial charge in [-0.15, -0.1) is 0 Å². The summed E-state index contributed by atoms with van der Waals surface area (Å²) in [5.41, 5.74) is 3.80. The number of aliphatic hydroxyl groups is 1. The van der Waals surface area contributed by atoms with Crippen LogP contribution >= 0.6 is 0 Å². The van der Waals surface area contributed by atoms with Gasteiger partial charge in [0.25, 0.3) is 5.91 Å². The minimum absolute atomic E-state index is 0.0963. The Morgan fingerprint density at radius 1 is 1.09 bits per heavy atom. The summed E-state index contributed by atoms with van der Waals surface area (Å²) in [5, 5.41) is 15.7. The third-order valence-corrected chi connectivity index (χ3v) is 6.85. The maximum Gasteiger partial charge on any atom is 0.258 e. The maximum atomic E-state index is 13.3. The monoisotopic (exact) mass is 437 g/mol. The summed E-state index contributed by atoms with van der Waals surface area (Å²) in [6, 6.07) is 7.68. The largest absolute Gasteiger partial charge is 0.396 e. The highest BCUT2D eigenvalue weighted by Gasteiger charge is 2.31. The van der Waals surface area contributed by atoms with Gasteiger partial charge in [0.2, 0.25) is 5.95 Å². The molecule has 0 saturated carbocycles.